The number of ether oxygens (including phenoxy) is 1. The molecular weight excluding hydrogens is 454 g/mol. The summed E-state index contributed by atoms with van der Waals surface area (Å²) in [5.41, 5.74) is 2.62. The molecule has 7 heteroatoms. The lowest BCUT2D eigenvalue weighted by Crippen LogP contribution is -2.34. The lowest BCUT2D eigenvalue weighted by atomic mass is 10.1. The Bertz CT molecular complexity index is 1450. The molecule has 0 bridgehead atoms. The first kappa shape index (κ1) is 21.4. The van der Waals surface area contributed by atoms with Crippen LogP contribution in [0.1, 0.15) is 11.1 Å². The molecule has 0 atom stereocenters. The first-order chi connectivity index (χ1) is 16.1. The molecule has 0 unspecified atom stereocenters. The van der Waals surface area contributed by atoms with E-state index < -0.39 is 0 Å². The maximum Gasteiger partial charge on any atom is 0.267 e. The van der Waals surface area contributed by atoms with E-state index in [1.54, 1.807) is 17.3 Å². The fourth-order valence-corrected chi connectivity index (χ4v) is 4.82. The highest BCUT2D eigenvalue weighted by molar-refractivity contribution is 7.22. The van der Waals surface area contributed by atoms with Gasteiger partial charge in [-0.15, -0.1) is 0 Å². The molecule has 0 fully saturated rings. The average Bonchev–Trinajstić information content (AvgIpc) is 3.28. The molecule has 0 N–H and O–H groups in total. The second-order valence-corrected chi connectivity index (χ2v) is 9.07. The van der Waals surface area contributed by atoms with Gasteiger partial charge in [-0.2, -0.15) is 0 Å². The van der Waals surface area contributed by atoms with E-state index >= 15 is 0 Å². The van der Waals surface area contributed by atoms with Crippen molar-refractivity contribution in [3.63, 3.8) is 0 Å². The number of hydrogen-bond acceptors (Lipinski definition) is 5. The summed E-state index contributed by atoms with van der Waals surface area (Å²) in [4.78, 5) is 23.9. The first-order valence-corrected chi connectivity index (χ1v) is 11.6. The highest BCUT2D eigenvalue weighted by Gasteiger charge is 2.22. The van der Waals surface area contributed by atoms with E-state index in [4.69, 9.17) is 21.3 Å². The number of aryl methyl sites for hydroxylation is 1. The Morgan fingerprint density at radius 2 is 1.91 bits per heavy atom. The summed E-state index contributed by atoms with van der Waals surface area (Å²) in [6, 6.07) is 21.4. The van der Waals surface area contributed by atoms with Crippen LogP contribution in [0.5, 0.6) is 5.75 Å². The van der Waals surface area contributed by atoms with Crippen molar-refractivity contribution in [3.05, 3.63) is 95.3 Å². The first-order valence-electron chi connectivity index (χ1n) is 10.4. The summed E-state index contributed by atoms with van der Waals surface area (Å²) in [6.07, 6.45) is 3.46. The molecular formula is C26H20ClN3O2S. The molecule has 0 saturated heterocycles. The van der Waals surface area contributed by atoms with Gasteiger partial charge in [0.15, 0.2) is 11.7 Å². The van der Waals surface area contributed by atoms with Gasteiger partial charge < -0.3 is 4.74 Å². The molecule has 33 heavy (non-hydrogen) atoms. The molecule has 2 aromatic heterocycles. The quantitative estimate of drug-likeness (QED) is 0.285. The maximum atomic E-state index is 13.3. The summed E-state index contributed by atoms with van der Waals surface area (Å²) >= 11 is 7.74. The number of amides is 1. The molecule has 5 aromatic rings. The zero-order chi connectivity index (χ0) is 22.8. The van der Waals surface area contributed by atoms with Crippen LogP contribution in [0.2, 0.25) is 5.02 Å². The lowest BCUT2D eigenvalue weighted by molar-refractivity contribution is -0.120. The monoisotopic (exact) mass is 473 g/mol. The molecule has 0 spiro atoms. The zero-order valence-corrected chi connectivity index (χ0v) is 19.4. The van der Waals surface area contributed by atoms with Crippen LogP contribution in [0.25, 0.3) is 21.0 Å². The third kappa shape index (κ3) is 4.53. The van der Waals surface area contributed by atoms with Crippen LogP contribution in [0, 0.1) is 6.92 Å². The number of aromatic nitrogens is 2. The highest BCUT2D eigenvalue weighted by atomic mass is 35.5. The molecule has 5 nitrogen and oxygen atoms in total. The molecule has 0 aliphatic carbocycles. The minimum Gasteiger partial charge on any atom is -0.484 e. The van der Waals surface area contributed by atoms with Gasteiger partial charge in [0.2, 0.25) is 0 Å². The molecule has 3 aromatic carbocycles. The van der Waals surface area contributed by atoms with Gasteiger partial charge in [0.1, 0.15) is 5.75 Å². The number of nitrogens with zero attached hydrogens (tertiary/aromatic N) is 3. The molecule has 0 saturated carbocycles. The topological polar surface area (TPSA) is 55.3 Å². The third-order valence-electron chi connectivity index (χ3n) is 5.42. The molecule has 2 heterocycles. The fraction of sp³-hybridized carbons (Fsp3) is 0.115. The number of benzene rings is 3. The minimum atomic E-state index is -0.185. The highest BCUT2D eigenvalue weighted by Crippen LogP contribution is 2.34. The van der Waals surface area contributed by atoms with Gasteiger partial charge in [0.05, 0.1) is 16.8 Å². The van der Waals surface area contributed by atoms with Crippen LogP contribution >= 0.6 is 22.9 Å². The number of hydrogen-bond donors (Lipinski definition) is 0. The van der Waals surface area contributed by atoms with Crippen molar-refractivity contribution in [1.29, 1.82) is 0 Å². The van der Waals surface area contributed by atoms with E-state index in [0.717, 1.165) is 32.1 Å². The second kappa shape index (κ2) is 9.17. The van der Waals surface area contributed by atoms with Gasteiger partial charge in [-0.3, -0.25) is 14.7 Å². The van der Waals surface area contributed by atoms with Gasteiger partial charge in [-0.05, 0) is 59.2 Å². The minimum absolute atomic E-state index is 0.103. The predicted octanol–water partition coefficient (Wildman–Crippen LogP) is 6.42. The maximum absolute atomic E-state index is 13.3. The van der Waals surface area contributed by atoms with Crippen LogP contribution in [0.15, 0.2) is 79.1 Å². The normalized spacial score (nSPS) is 11.1. The smallest absolute Gasteiger partial charge is 0.267 e. The van der Waals surface area contributed by atoms with Gasteiger partial charge in [-0.1, -0.05) is 59.3 Å². The fourth-order valence-electron chi connectivity index (χ4n) is 3.62. The second-order valence-electron chi connectivity index (χ2n) is 7.65. The molecule has 0 aliphatic rings. The molecule has 0 radical (unpaired) electrons. The van der Waals surface area contributed by atoms with E-state index in [1.165, 1.54) is 11.3 Å². The Morgan fingerprint density at radius 3 is 2.73 bits per heavy atom. The van der Waals surface area contributed by atoms with Crippen molar-refractivity contribution in [2.24, 2.45) is 0 Å². The van der Waals surface area contributed by atoms with Crippen molar-refractivity contribution in [3.8, 4) is 5.75 Å². The van der Waals surface area contributed by atoms with E-state index in [-0.39, 0.29) is 12.5 Å². The zero-order valence-electron chi connectivity index (χ0n) is 17.9. The summed E-state index contributed by atoms with van der Waals surface area (Å²) in [5.74, 6) is 0.463. The Labute approximate surface area is 200 Å². The van der Waals surface area contributed by atoms with Gasteiger partial charge in [0.25, 0.3) is 5.91 Å². The number of fused-ring (bicyclic) bond motifs is 2. The van der Waals surface area contributed by atoms with Crippen LogP contribution in [-0.2, 0) is 11.3 Å². The van der Waals surface area contributed by atoms with Gasteiger partial charge >= 0.3 is 0 Å². The van der Waals surface area contributed by atoms with Crippen molar-refractivity contribution < 1.29 is 9.53 Å². The largest absolute Gasteiger partial charge is 0.484 e. The van der Waals surface area contributed by atoms with E-state index in [2.05, 4.69) is 4.98 Å². The van der Waals surface area contributed by atoms with Crippen LogP contribution in [0.4, 0.5) is 5.13 Å². The van der Waals surface area contributed by atoms with Crippen LogP contribution < -0.4 is 9.64 Å². The van der Waals surface area contributed by atoms with Gasteiger partial charge in [-0.25, -0.2) is 4.98 Å². The number of pyridine rings is 1. The standard InChI is InChI=1S/C26H20ClN3O2S/c1-17-22(27)10-11-23-25(17)29-26(33-23)30(15-18-5-4-12-28-14-18)24(31)16-32-21-9-8-19-6-2-3-7-20(19)13-21/h2-14H,15-16H2,1H3. The molecule has 164 valence electrons. The Balaban J connectivity index is 1.43. The Hall–Kier alpha value is -3.48. The van der Waals surface area contributed by atoms with Crippen LogP contribution in [-0.4, -0.2) is 22.5 Å². The lowest BCUT2D eigenvalue weighted by Gasteiger charge is -2.20. The van der Waals surface area contributed by atoms with Crippen molar-refractivity contribution in [2.75, 3.05) is 11.5 Å². The molecule has 1 amide bonds. The number of anilines is 1. The summed E-state index contributed by atoms with van der Waals surface area (Å²) in [6.45, 7) is 2.18. The SMILES string of the molecule is Cc1c(Cl)ccc2sc(N(Cc3cccnc3)C(=O)COc3ccc4ccccc4c3)nc12. The summed E-state index contributed by atoms with van der Waals surface area (Å²) in [7, 11) is 0. The summed E-state index contributed by atoms with van der Waals surface area (Å²) in [5, 5.41) is 3.45. The Morgan fingerprint density at radius 1 is 1.06 bits per heavy atom. The van der Waals surface area contributed by atoms with Gasteiger partial charge in [0, 0.05) is 17.4 Å². The summed E-state index contributed by atoms with van der Waals surface area (Å²) < 4.78 is 6.86. The van der Waals surface area contributed by atoms with E-state index in [9.17, 15) is 4.79 Å². The van der Waals surface area contributed by atoms with E-state index in [1.807, 2.05) is 73.7 Å². The van der Waals surface area contributed by atoms with Crippen LogP contribution in [0.3, 0.4) is 0 Å². The Kier molecular flexibility index (Phi) is 5.94. The number of carbonyl (C=O) groups is 1. The average molecular weight is 474 g/mol. The third-order valence-corrected chi connectivity index (χ3v) is 6.87. The number of halogens is 1. The van der Waals surface area contributed by atoms with Crippen molar-refractivity contribution >= 4 is 55.0 Å². The van der Waals surface area contributed by atoms with E-state index in [0.29, 0.717) is 22.4 Å². The number of rotatable bonds is 6. The van der Waals surface area contributed by atoms with Crippen molar-refractivity contribution in [2.45, 2.75) is 13.5 Å². The molecule has 0 aliphatic heterocycles. The predicted molar refractivity (Wildman–Crippen MR) is 134 cm³/mol. The van der Waals surface area contributed by atoms with Crippen molar-refractivity contribution in [1.82, 2.24) is 9.97 Å². The number of carbonyl (C=O) groups excluding carboxylic acids is 1. The molecule has 5 rings (SSSR count). The number of thiazole rings is 1.